The molecule has 124 valence electrons. The molecule has 0 radical (unpaired) electrons. The number of nitrogens with zero attached hydrogens (tertiary/aromatic N) is 1. The van der Waals surface area contributed by atoms with Gasteiger partial charge in [0.1, 0.15) is 0 Å². The van der Waals surface area contributed by atoms with E-state index in [1.54, 1.807) is 4.90 Å². The van der Waals surface area contributed by atoms with Crippen molar-refractivity contribution in [2.24, 2.45) is 5.92 Å². The van der Waals surface area contributed by atoms with Gasteiger partial charge in [-0.3, -0.25) is 9.59 Å². The van der Waals surface area contributed by atoms with Crippen LogP contribution >= 0.6 is 0 Å². The maximum Gasteiger partial charge on any atom is 0.416 e. The lowest BCUT2D eigenvalue weighted by molar-refractivity contribution is -0.137. The fraction of sp³-hybridized carbons (Fsp3) is 0.500. The summed E-state index contributed by atoms with van der Waals surface area (Å²) < 4.78 is 37.5. The van der Waals surface area contributed by atoms with E-state index in [2.05, 4.69) is 5.32 Å². The van der Waals surface area contributed by atoms with Crippen molar-refractivity contribution in [1.29, 1.82) is 0 Å². The normalized spacial score (nSPS) is 22.1. The molecule has 2 amide bonds. The lowest BCUT2D eigenvalue weighted by Crippen LogP contribution is -2.41. The Morgan fingerprint density at radius 3 is 2.35 bits per heavy atom. The zero-order valence-electron chi connectivity index (χ0n) is 12.4. The predicted octanol–water partition coefficient (Wildman–Crippen LogP) is 3.04. The van der Waals surface area contributed by atoms with Gasteiger partial charge in [0.2, 0.25) is 11.8 Å². The van der Waals surface area contributed by atoms with Crippen LogP contribution in [0.5, 0.6) is 0 Å². The highest BCUT2D eigenvalue weighted by molar-refractivity contribution is 5.97. The van der Waals surface area contributed by atoms with Gasteiger partial charge in [-0.1, -0.05) is 0 Å². The van der Waals surface area contributed by atoms with Gasteiger partial charge in [0.05, 0.1) is 11.5 Å². The van der Waals surface area contributed by atoms with E-state index >= 15 is 0 Å². The molecule has 1 saturated carbocycles. The van der Waals surface area contributed by atoms with Gasteiger partial charge in [-0.15, -0.1) is 0 Å². The molecular weight excluding hydrogens is 309 g/mol. The maximum absolute atomic E-state index is 12.5. The SMILES string of the molecule is O=C(Nc1ccc(C(F)(F)F)cc1)C1CC(=O)N(C2CCC2)C1. The molecule has 1 atom stereocenters. The number of halogens is 3. The summed E-state index contributed by atoms with van der Waals surface area (Å²) in [7, 11) is 0. The monoisotopic (exact) mass is 326 g/mol. The number of amides is 2. The number of benzene rings is 1. The van der Waals surface area contributed by atoms with Crippen LogP contribution in [0.1, 0.15) is 31.2 Å². The first-order valence-electron chi connectivity index (χ1n) is 7.62. The molecule has 23 heavy (non-hydrogen) atoms. The minimum atomic E-state index is -4.40. The molecule has 0 aromatic heterocycles. The van der Waals surface area contributed by atoms with Crippen LogP contribution in [0.25, 0.3) is 0 Å². The number of rotatable bonds is 3. The highest BCUT2D eigenvalue weighted by Gasteiger charge is 2.39. The van der Waals surface area contributed by atoms with Crippen molar-refractivity contribution >= 4 is 17.5 Å². The van der Waals surface area contributed by atoms with E-state index in [0.29, 0.717) is 12.2 Å². The Hall–Kier alpha value is -2.05. The number of alkyl halides is 3. The first-order chi connectivity index (χ1) is 10.8. The fourth-order valence-electron chi connectivity index (χ4n) is 2.95. The Balaban J connectivity index is 1.60. The number of carbonyl (C=O) groups excluding carboxylic acids is 2. The van der Waals surface area contributed by atoms with Crippen LogP contribution in [0.4, 0.5) is 18.9 Å². The van der Waals surface area contributed by atoms with Crippen LogP contribution in [0.15, 0.2) is 24.3 Å². The summed E-state index contributed by atoms with van der Waals surface area (Å²) >= 11 is 0. The van der Waals surface area contributed by atoms with Crippen LogP contribution < -0.4 is 5.32 Å². The second-order valence-corrected chi connectivity index (χ2v) is 6.10. The molecule has 7 heteroatoms. The van der Waals surface area contributed by atoms with Gasteiger partial charge < -0.3 is 10.2 Å². The molecule has 4 nitrogen and oxygen atoms in total. The quantitative estimate of drug-likeness (QED) is 0.928. The maximum atomic E-state index is 12.5. The zero-order chi connectivity index (χ0) is 16.6. The molecular formula is C16H17F3N2O2. The molecule has 1 saturated heterocycles. The van der Waals surface area contributed by atoms with Crippen LogP contribution in [-0.4, -0.2) is 29.3 Å². The highest BCUT2D eigenvalue weighted by atomic mass is 19.4. The number of likely N-dealkylation sites (tertiary alicyclic amines) is 1. The van der Waals surface area contributed by atoms with Gasteiger partial charge in [-0.2, -0.15) is 13.2 Å². The summed E-state index contributed by atoms with van der Waals surface area (Å²) in [4.78, 5) is 25.9. The van der Waals surface area contributed by atoms with Crippen molar-refractivity contribution in [3.63, 3.8) is 0 Å². The fourth-order valence-corrected chi connectivity index (χ4v) is 2.95. The Bertz CT molecular complexity index is 609. The Morgan fingerprint density at radius 1 is 1.17 bits per heavy atom. The molecule has 1 aliphatic heterocycles. The Kier molecular flexibility index (Phi) is 4.04. The van der Waals surface area contributed by atoms with Gasteiger partial charge in [-0.25, -0.2) is 0 Å². The number of anilines is 1. The molecule has 3 rings (SSSR count). The van der Waals surface area contributed by atoms with E-state index in [0.717, 1.165) is 31.4 Å². The molecule has 1 aromatic carbocycles. The molecule has 1 N–H and O–H groups in total. The van der Waals surface area contributed by atoms with Crippen LogP contribution in [0.2, 0.25) is 0 Å². The molecule has 0 bridgehead atoms. The number of hydrogen-bond acceptors (Lipinski definition) is 2. The van der Waals surface area contributed by atoms with Gasteiger partial charge in [0, 0.05) is 24.7 Å². The van der Waals surface area contributed by atoms with E-state index in [1.165, 1.54) is 12.1 Å². The first-order valence-corrected chi connectivity index (χ1v) is 7.62. The number of nitrogens with one attached hydrogen (secondary N) is 1. The summed E-state index contributed by atoms with van der Waals surface area (Å²) in [6.45, 7) is 0.399. The third-order valence-corrected chi connectivity index (χ3v) is 4.52. The van der Waals surface area contributed by atoms with Crippen LogP contribution in [0.3, 0.4) is 0 Å². The van der Waals surface area contributed by atoms with Gasteiger partial charge in [0.15, 0.2) is 0 Å². The van der Waals surface area contributed by atoms with E-state index in [1.807, 2.05) is 0 Å². The molecule has 1 aromatic rings. The van der Waals surface area contributed by atoms with Crippen LogP contribution in [0, 0.1) is 5.92 Å². The molecule has 0 spiro atoms. The van der Waals surface area contributed by atoms with Crippen LogP contribution in [-0.2, 0) is 15.8 Å². The summed E-state index contributed by atoms with van der Waals surface area (Å²) in [6.07, 6.45) is -1.15. The molecule has 1 unspecified atom stereocenters. The van der Waals surface area contributed by atoms with Gasteiger partial charge in [-0.05, 0) is 43.5 Å². The van der Waals surface area contributed by atoms with Crippen molar-refractivity contribution in [3.8, 4) is 0 Å². The zero-order valence-corrected chi connectivity index (χ0v) is 12.4. The van der Waals surface area contributed by atoms with E-state index < -0.39 is 17.7 Å². The average Bonchev–Trinajstić information content (AvgIpc) is 2.79. The lowest BCUT2D eigenvalue weighted by atomic mass is 9.92. The Labute approximate surface area is 131 Å². The minimum Gasteiger partial charge on any atom is -0.339 e. The molecule has 2 fully saturated rings. The topological polar surface area (TPSA) is 49.4 Å². The standard InChI is InChI=1S/C16H17F3N2O2/c17-16(18,19)11-4-6-12(7-5-11)20-15(23)10-8-14(22)21(9-10)13-2-1-3-13/h4-7,10,13H,1-3,8-9H2,(H,20,23). The highest BCUT2D eigenvalue weighted by Crippen LogP contribution is 2.32. The van der Waals surface area contributed by atoms with Crippen molar-refractivity contribution in [1.82, 2.24) is 4.90 Å². The second-order valence-electron chi connectivity index (χ2n) is 6.10. The summed E-state index contributed by atoms with van der Waals surface area (Å²) in [5.74, 6) is -0.771. The molecule has 1 heterocycles. The van der Waals surface area contributed by atoms with Gasteiger partial charge in [0.25, 0.3) is 0 Å². The Morgan fingerprint density at radius 2 is 1.83 bits per heavy atom. The van der Waals surface area contributed by atoms with E-state index in [9.17, 15) is 22.8 Å². The largest absolute Gasteiger partial charge is 0.416 e. The van der Waals surface area contributed by atoms with Crippen molar-refractivity contribution in [3.05, 3.63) is 29.8 Å². The smallest absolute Gasteiger partial charge is 0.339 e. The number of hydrogen-bond donors (Lipinski definition) is 1. The molecule has 1 aliphatic carbocycles. The second kappa shape index (κ2) is 5.86. The van der Waals surface area contributed by atoms with E-state index in [4.69, 9.17) is 0 Å². The van der Waals surface area contributed by atoms with E-state index in [-0.39, 0.29) is 24.3 Å². The third-order valence-electron chi connectivity index (χ3n) is 4.52. The summed E-state index contributed by atoms with van der Waals surface area (Å²) in [5.41, 5.74) is -0.458. The predicted molar refractivity (Wildman–Crippen MR) is 77.5 cm³/mol. The minimum absolute atomic E-state index is 0.0118. The first kappa shape index (κ1) is 15.8. The van der Waals surface area contributed by atoms with Gasteiger partial charge >= 0.3 is 6.18 Å². The van der Waals surface area contributed by atoms with Crippen molar-refractivity contribution in [2.75, 3.05) is 11.9 Å². The number of carbonyl (C=O) groups is 2. The molecule has 2 aliphatic rings. The third kappa shape index (κ3) is 3.33. The summed E-state index contributed by atoms with van der Waals surface area (Å²) in [6, 6.07) is 4.56. The average molecular weight is 326 g/mol. The lowest BCUT2D eigenvalue weighted by Gasteiger charge is -2.34. The van der Waals surface area contributed by atoms with Crippen molar-refractivity contribution in [2.45, 2.75) is 37.9 Å². The summed E-state index contributed by atoms with van der Waals surface area (Å²) in [5, 5.41) is 2.59. The van der Waals surface area contributed by atoms with Crippen molar-refractivity contribution < 1.29 is 22.8 Å².